The summed E-state index contributed by atoms with van der Waals surface area (Å²) in [6.07, 6.45) is 0.897. The van der Waals surface area contributed by atoms with Crippen molar-refractivity contribution in [3.8, 4) is 11.3 Å². The van der Waals surface area contributed by atoms with Gasteiger partial charge in [-0.15, -0.1) is 11.3 Å². The Morgan fingerprint density at radius 1 is 1.30 bits per heavy atom. The first kappa shape index (κ1) is 14.5. The van der Waals surface area contributed by atoms with Gasteiger partial charge in [-0.3, -0.25) is 4.79 Å². The number of fused-ring (bicyclic) bond motifs is 1. The molecule has 1 aliphatic heterocycles. The van der Waals surface area contributed by atoms with Crippen LogP contribution in [0.1, 0.15) is 20.9 Å². The lowest BCUT2D eigenvalue weighted by molar-refractivity contribution is 0.0725. The molecule has 1 amide bonds. The van der Waals surface area contributed by atoms with Gasteiger partial charge in [0.25, 0.3) is 5.91 Å². The molecular weight excluding hydrogens is 332 g/mol. The fraction of sp³-hybridized carbons (Fsp3) is 0.176. The molecular formula is C17H13ClN2O2S. The summed E-state index contributed by atoms with van der Waals surface area (Å²) < 4.78 is 5.32. The summed E-state index contributed by atoms with van der Waals surface area (Å²) in [6, 6.07) is 11.1. The fourth-order valence-electron chi connectivity index (χ4n) is 2.75. The zero-order valence-corrected chi connectivity index (χ0v) is 13.7. The summed E-state index contributed by atoms with van der Waals surface area (Å²) in [6.45, 7) is 1.34. The molecule has 3 aromatic rings. The monoisotopic (exact) mass is 344 g/mol. The summed E-state index contributed by atoms with van der Waals surface area (Å²) in [4.78, 5) is 15.8. The zero-order valence-electron chi connectivity index (χ0n) is 12.2. The molecule has 0 saturated heterocycles. The molecule has 6 heteroatoms. The summed E-state index contributed by atoms with van der Waals surface area (Å²) in [5, 5.41) is 6.58. The third kappa shape index (κ3) is 2.66. The number of amides is 1. The molecule has 0 aliphatic carbocycles. The maximum Gasteiger partial charge on any atom is 0.276 e. The van der Waals surface area contributed by atoms with Crippen molar-refractivity contribution in [2.75, 3.05) is 6.54 Å². The van der Waals surface area contributed by atoms with E-state index in [1.54, 1.807) is 23.5 Å². The lowest BCUT2D eigenvalue weighted by Crippen LogP contribution is -2.35. The van der Waals surface area contributed by atoms with Crippen LogP contribution >= 0.6 is 22.9 Å². The van der Waals surface area contributed by atoms with E-state index in [-0.39, 0.29) is 5.91 Å². The highest BCUT2D eigenvalue weighted by Crippen LogP contribution is 2.29. The van der Waals surface area contributed by atoms with Gasteiger partial charge in [0.15, 0.2) is 11.5 Å². The summed E-state index contributed by atoms with van der Waals surface area (Å²) in [5.41, 5.74) is 2.28. The minimum Gasteiger partial charge on any atom is -0.355 e. The van der Waals surface area contributed by atoms with Crippen LogP contribution < -0.4 is 0 Å². The van der Waals surface area contributed by atoms with E-state index in [9.17, 15) is 4.79 Å². The highest BCUT2D eigenvalue weighted by Gasteiger charge is 2.25. The number of benzene rings is 1. The number of aromatic nitrogens is 1. The van der Waals surface area contributed by atoms with Crippen LogP contribution in [-0.2, 0) is 13.0 Å². The van der Waals surface area contributed by atoms with Gasteiger partial charge in [-0.25, -0.2) is 0 Å². The highest BCUT2D eigenvalue weighted by atomic mass is 35.5. The standard InChI is InChI=1S/C17H13ClN2O2S/c18-13-4-2-1-3-12(13)15-9-14(19-22-15)17(21)20-7-5-16-11(10-20)6-8-23-16/h1-4,6,8-9H,5,7,10H2. The molecule has 0 saturated carbocycles. The second-order valence-corrected chi connectivity index (χ2v) is 6.81. The first-order valence-electron chi connectivity index (χ1n) is 7.28. The van der Waals surface area contributed by atoms with E-state index < -0.39 is 0 Å². The van der Waals surface area contributed by atoms with Crippen LogP contribution in [0.2, 0.25) is 5.02 Å². The molecule has 2 aromatic heterocycles. The molecule has 0 radical (unpaired) electrons. The Labute approximate surface area is 142 Å². The van der Waals surface area contributed by atoms with Crippen LogP contribution in [0.15, 0.2) is 46.3 Å². The van der Waals surface area contributed by atoms with E-state index in [4.69, 9.17) is 16.1 Å². The van der Waals surface area contributed by atoms with Crippen molar-refractivity contribution in [1.29, 1.82) is 0 Å². The van der Waals surface area contributed by atoms with Gasteiger partial charge in [0.1, 0.15) is 0 Å². The van der Waals surface area contributed by atoms with Crippen molar-refractivity contribution in [2.45, 2.75) is 13.0 Å². The summed E-state index contributed by atoms with van der Waals surface area (Å²) in [7, 11) is 0. The Hall–Kier alpha value is -2.11. The van der Waals surface area contributed by atoms with Crippen molar-refractivity contribution in [3.05, 3.63) is 62.9 Å². The molecule has 0 atom stereocenters. The van der Waals surface area contributed by atoms with Gasteiger partial charge < -0.3 is 9.42 Å². The van der Waals surface area contributed by atoms with Crippen LogP contribution in [0, 0.1) is 0 Å². The average Bonchev–Trinajstić information content (AvgIpc) is 3.23. The Morgan fingerprint density at radius 2 is 2.17 bits per heavy atom. The molecule has 4 nitrogen and oxygen atoms in total. The van der Waals surface area contributed by atoms with Gasteiger partial charge in [-0.1, -0.05) is 28.9 Å². The maximum atomic E-state index is 12.6. The lowest BCUT2D eigenvalue weighted by atomic mass is 10.1. The molecule has 0 bridgehead atoms. The van der Waals surface area contributed by atoms with Crippen molar-refractivity contribution >= 4 is 28.8 Å². The Balaban J connectivity index is 1.58. The Kier molecular flexibility index (Phi) is 3.67. The summed E-state index contributed by atoms with van der Waals surface area (Å²) >= 11 is 7.91. The molecule has 0 unspecified atom stereocenters. The second kappa shape index (κ2) is 5.83. The van der Waals surface area contributed by atoms with Gasteiger partial charge in [0.05, 0.1) is 5.02 Å². The number of hydrogen-bond acceptors (Lipinski definition) is 4. The normalized spacial score (nSPS) is 13.9. The first-order valence-corrected chi connectivity index (χ1v) is 8.54. The fourth-order valence-corrected chi connectivity index (χ4v) is 3.87. The predicted molar refractivity (Wildman–Crippen MR) is 89.7 cm³/mol. The third-order valence-corrected chi connectivity index (χ3v) is 5.32. The summed E-state index contributed by atoms with van der Waals surface area (Å²) in [5.74, 6) is 0.399. The van der Waals surface area contributed by atoms with Crippen molar-refractivity contribution in [2.24, 2.45) is 0 Å². The van der Waals surface area contributed by atoms with Crippen LogP contribution in [0.5, 0.6) is 0 Å². The number of hydrogen-bond donors (Lipinski definition) is 0. The minimum absolute atomic E-state index is 0.107. The van der Waals surface area contributed by atoms with Crippen LogP contribution in [0.3, 0.4) is 0 Å². The number of rotatable bonds is 2. The number of thiophene rings is 1. The van der Waals surface area contributed by atoms with Gasteiger partial charge in [0.2, 0.25) is 0 Å². The molecule has 1 aliphatic rings. The highest BCUT2D eigenvalue weighted by molar-refractivity contribution is 7.10. The number of carbonyl (C=O) groups excluding carboxylic acids is 1. The van der Waals surface area contributed by atoms with Crippen molar-refractivity contribution in [3.63, 3.8) is 0 Å². The van der Waals surface area contributed by atoms with Crippen molar-refractivity contribution in [1.82, 2.24) is 10.1 Å². The first-order chi connectivity index (χ1) is 11.2. The average molecular weight is 345 g/mol. The topological polar surface area (TPSA) is 46.3 Å². The van der Waals surface area contributed by atoms with E-state index in [2.05, 4.69) is 16.6 Å². The smallest absolute Gasteiger partial charge is 0.276 e. The molecule has 3 heterocycles. The second-order valence-electron chi connectivity index (χ2n) is 5.40. The van der Waals surface area contributed by atoms with E-state index in [0.29, 0.717) is 29.6 Å². The number of halogens is 1. The predicted octanol–water partition coefficient (Wildman–Crippen LogP) is 4.26. The maximum absolute atomic E-state index is 12.6. The molecule has 1 aromatic carbocycles. The Bertz CT molecular complexity index is 871. The quantitative estimate of drug-likeness (QED) is 0.698. The largest absolute Gasteiger partial charge is 0.355 e. The lowest BCUT2D eigenvalue weighted by Gasteiger charge is -2.26. The Morgan fingerprint density at radius 3 is 3.04 bits per heavy atom. The van der Waals surface area contributed by atoms with Gasteiger partial charge in [0, 0.05) is 29.6 Å². The van der Waals surface area contributed by atoms with Crippen molar-refractivity contribution < 1.29 is 9.32 Å². The molecule has 0 N–H and O–H groups in total. The molecule has 0 fully saturated rings. The van der Waals surface area contributed by atoms with E-state index in [1.165, 1.54) is 10.4 Å². The molecule has 23 heavy (non-hydrogen) atoms. The number of nitrogens with zero attached hydrogens (tertiary/aromatic N) is 2. The zero-order chi connectivity index (χ0) is 15.8. The third-order valence-electron chi connectivity index (χ3n) is 3.96. The molecule has 116 valence electrons. The van der Waals surface area contributed by atoms with Gasteiger partial charge in [-0.2, -0.15) is 0 Å². The van der Waals surface area contributed by atoms with Crippen LogP contribution in [-0.4, -0.2) is 22.5 Å². The van der Waals surface area contributed by atoms with E-state index in [1.807, 2.05) is 23.1 Å². The molecule has 4 rings (SSSR count). The van der Waals surface area contributed by atoms with Gasteiger partial charge in [-0.05, 0) is 35.6 Å². The van der Waals surface area contributed by atoms with E-state index in [0.717, 1.165) is 12.0 Å². The van der Waals surface area contributed by atoms with Crippen LogP contribution in [0.25, 0.3) is 11.3 Å². The SMILES string of the molecule is O=C(c1cc(-c2ccccc2Cl)on1)N1CCc2sccc2C1. The molecule has 0 spiro atoms. The number of carbonyl (C=O) groups is 1. The minimum atomic E-state index is -0.107. The van der Waals surface area contributed by atoms with Gasteiger partial charge >= 0.3 is 0 Å². The van der Waals surface area contributed by atoms with E-state index >= 15 is 0 Å². The van der Waals surface area contributed by atoms with Crippen LogP contribution in [0.4, 0.5) is 0 Å².